The van der Waals surface area contributed by atoms with Crippen molar-refractivity contribution in [1.29, 1.82) is 0 Å². The summed E-state index contributed by atoms with van der Waals surface area (Å²) in [6.45, 7) is 7.75. The summed E-state index contributed by atoms with van der Waals surface area (Å²) in [6, 6.07) is 6.35. The molecule has 2 aromatic rings. The van der Waals surface area contributed by atoms with Crippen molar-refractivity contribution in [3.63, 3.8) is 0 Å². The number of rotatable bonds is 5. The van der Waals surface area contributed by atoms with Crippen LogP contribution in [0, 0.1) is 19.8 Å². The van der Waals surface area contributed by atoms with Crippen LogP contribution in [0.5, 0.6) is 0 Å². The van der Waals surface area contributed by atoms with Crippen molar-refractivity contribution >= 4 is 11.8 Å². The fourth-order valence-electron chi connectivity index (χ4n) is 3.68. The van der Waals surface area contributed by atoms with Crippen LogP contribution in [0.2, 0.25) is 0 Å². The van der Waals surface area contributed by atoms with Crippen LogP contribution in [-0.4, -0.2) is 56.2 Å². The highest BCUT2D eigenvalue weighted by Gasteiger charge is 2.30. The van der Waals surface area contributed by atoms with E-state index >= 15 is 0 Å². The molecule has 2 amide bonds. The van der Waals surface area contributed by atoms with Crippen LogP contribution in [-0.2, 0) is 17.9 Å². The van der Waals surface area contributed by atoms with Crippen LogP contribution in [0.15, 0.2) is 24.4 Å². The maximum Gasteiger partial charge on any atom is 0.276 e. The third-order valence-electron chi connectivity index (χ3n) is 5.59. The Morgan fingerprint density at radius 1 is 1.22 bits per heavy atom. The Morgan fingerprint density at radius 2 is 2.04 bits per heavy atom. The van der Waals surface area contributed by atoms with E-state index in [1.807, 2.05) is 4.90 Å². The summed E-state index contributed by atoms with van der Waals surface area (Å²) in [5, 5.41) is 8.09. The molecule has 0 bridgehead atoms. The van der Waals surface area contributed by atoms with Crippen molar-refractivity contribution in [2.75, 3.05) is 19.6 Å². The maximum absolute atomic E-state index is 12.4. The zero-order valence-electron chi connectivity index (χ0n) is 15.9. The summed E-state index contributed by atoms with van der Waals surface area (Å²) in [7, 11) is 0. The van der Waals surface area contributed by atoms with Gasteiger partial charge in [0, 0.05) is 45.1 Å². The van der Waals surface area contributed by atoms with E-state index in [-0.39, 0.29) is 17.7 Å². The lowest BCUT2D eigenvalue weighted by molar-refractivity contribution is -0.128. The third kappa shape index (κ3) is 3.72. The molecule has 4 rings (SSSR count). The Kier molecular flexibility index (Phi) is 4.68. The molecule has 1 aromatic carbocycles. The van der Waals surface area contributed by atoms with Gasteiger partial charge >= 0.3 is 0 Å². The van der Waals surface area contributed by atoms with Gasteiger partial charge in [0.15, 0.2) is 5.69 Å². The van der Waals surface area contributed by atoms with E-state index in [4.69, 9.17) is 0 Å². The number of carbonyl (C=O) groups is 2. The molecule has 1 aromatic heterocycles. The summed E-state index contributed by atoms with van der Waals surface area (Å²) in [5.74, 6) is 0.319. The second-order valence-electron chi connectivity index (χ2n) is 7.73. The highest BCUT2D eigenvalue weighted by atomic mass is 16.2. The van der Waals surface area contributed by atoms with Gasteiger partial charge in [0.1, 0.15) is 0 Å². The van der Waals surface area contributed by atoms with Crippen LogP contribution < -0.4 is 0 Å². The molecule has 0 aliphatic carbocycles. The van der Waals surface area contributed by atoms with Crippen LogP contribution in [0.1, 0.15) is 40.0 Å². The number of carbonyl (C=O) groups excluding carboxylic acids is 2. The molecular formula is C20H25N5O2. The Labute approximate surface area is 158 Å². The Hall–Kier alpha value is -2.70. The highest BCUT2D eigenvalue weighted by molar-refractivity contribution is 5.92. The van der Waals surface area contributed by atoms with Crippen LogP contribution in [0.3, 0.4) is 0 Å². The van der Waals surface area contributed by atoms with Crippen LogP contribution >= 0.6 is 0 Å². The molecule has 27 heavy (non-hydrogen) atoms. The number of benzene rings is 1. The predicted octanol–water partition coefficient (Wildman–Crippen LogP) is 1.79. The van der Waals surface area contributed by atoms with Crippen LogP contribution in [0.4, 0.5) is 0 Å². The second kappa shape index (κ2) is 7.13. The average Bonchev–Trinajstić information content (AvgIpc) is 3.17. The van der Waals surface area contributed by atoms with Gasteiger partial charge in [-0.25, -0.2) is 0 Å². The number of hydrogen-bond acceptors (Lipinski definition) is 4. The Morgan fingerprint density at radius 3 is 2.74 bits per heavy atom. The minimum Gasteiger partial charge on any atom is -0.338 e. The van der Waals surface area contributed by atoms with Crippen molar-refractivity contribution in [2.45, 2.75) is 39.8 Å². The average molecular weight is 367 g/mol. The summed E-state index contributed by atoms with van der Waals surface area (Å²) in [6.07, 6.45) is 3.28. The predicted molar refractivity (Wildman–Crippen MR) is 100.0 cm³/mol. The van der Waals surface area contributed by atoms with Gasteiger partial charge in [-0.3, -0.25) is 14.3 Å². The molecule has 1 unspecified atom stereocenters. The van der Waals surface area contributed by atoms with Gasteiger partial charge in [-0.1, -0.05) is 23.4 Å². The van der Waals surface area contributed by atoms with Gasteiger partial charge in [-0.15, -0.1) is 5.10 Å². The van der Waals surface area contributed by atoms with E-state index in [0.29, 0.717) is 31.7 Å². The Balaban J connectivity index is 1.35. The molecule has 2 fully saturated rings. The highest BCUT2D eigenvalue weighted by Crippen LogP contribution is 2.22. The zero-order valence-corrected chi connectivity index (χ0v) is 15.9. The first kappa shape index (κ1) is 17.7. The van der Waals surface area contributed by atoms with Crippen molar-refractivity contribution in [1.82, 2.24) is 24.8 Å². The Bertz CT molecular complexity index is 871. The second-order valence-corrected chi connectivity index (χ2v) is 7.73. The first-order valence-electron chi connectivity index (χ1n) is 9.53. The molecule has 7 nitrogen and oxygen atoms in total. The van der Waals surface area contributed by atoms with Gasteiger partial charge in [0.2, 0.25) is 5.91 Å². The molecule has 0 N–H and O–H groups in total. The number of aromatic nitrogens is 3. The van der Waals surface area contributed by atoms with Gasteiger partial charge < -0.3 is 9.80 Å². The maximum atomic E-state index is 12.4. The third-order valence-corrected chi connectivity index (χ3v) is 5.59. The summed E-state index contributed by atoms with van der Waals surface area (Å²) < 4.78 is 1.70. The molecule has 0 saturated carbocycles. The van der Waals surface area contributed by atoms with Crippen molar-refractivity contribution in [2.24, 2.45) is 5.92 Å². The van der Waals surface area contributed by atoms with E-state index in [1.54, 1.807) is 15.8 Å². The normalized spacial score (nSPS) is 19.5. The lowest BCUT2D eigenvalue weighted by atomic mass is 10.1. The molecule has 2 aliphatic heterocycles. The molecule has 7 heteroatoms. The molecular weight excluding hydrogens is 342 g/mol. The van der Waals surface area contributed by atoms with Gasteiger partial charge in [0.25, 0.3) is 5.91 Å². The smallest absolute Gasteiger partial charge is 0.276 e. The minimum atomic E-state index is -0.0497. The summed E-state index contributed by atoms with van der Waals surface area (Å²) in [4.78, 5) is 28.3. The van der Waals surface area contributed by atoms with Crippen LogP contribution in [0.25, 0.3) is 0 Å². The first-order chi connectivity index (χ1) is 13.0. The van der Waals surface area contributed by atoms with E-state index in [1.165, 1.54) is 11.1 Å². The van der Waals surface area contributed by atoms with E-state index in [2.05, 4.69) is 42.4 Å². The monoisotopic (exact) mass is 367 g/mol. The summed E-state index contributed by atoms with van der Waals surface area (Å²) >= 11 is 0. The fraction of sp³-hybridized carbons (Fsp3) is 0.500. The number of nitrogens with zero attached hydrogens (tertiary/aromatic N) is 5. The van der Waals surface area contributed by atoms with E-state index in [0.717, 1.165) is 25.1 Å². The molecule has 0 radical (unpaired) electrons. The quantitative estimate of drug-likeness (QED) is 0.808. The number of hydrogen-bond donors (Lipinski definition) is 0. The topological polar surface area (TPSA) is 71.3 Å². The molecule has 2 saturated heterocycles. The molecule has 142 valence electrons. The molecule has 3 heterocycles. The van der Waals surface area contributed by atoms with Crippen molar-refractivity contribution in [3.05, 3.63) is 46.8 Å². The number of likely N-dealkylation sites (tertiary alicyclic amines) is 2. The lowest BCUT2D eigenvalue weighted by Gasteiger charge is -2.29. The van der Waals surface area contributed by atoms with Gasteiger partial charge in [-0.05, 0) is 37.0 Å². The first-order valence-corrected chi connectivity index (χ1v) is 9.53. The van der Waals surface area contributed by atoms with Crippen molar-refractivity contribution in [3.8, 4) is 0 Å². The largest absolute Gasteiger partial charge is 0.338 e. The van der Waals surface area contributed by atoms with Crippen molar-refractivity contribution < 1.29 is 9.59 Å². The van der Waals surface area contributed by atoms with E-state index in [9.17, 15) is 9.59 Å². The van der Waals surface area contributed by atoms with Gasteiger partial charge in [-0.2, -0.15) is 0 Å². The summed E-state index contributed by atoms with van der Waals surface area (Å²) in [5.41, 5.74) is 4.07. The van der Waals surface area contributed by atoms with E-state index < -0.39 is 0 Å². The molecule has 2 aliphatic rings. The standard InChI is InChI=1S/C20H25N5O2/c1-14-4-5-16(8-15(14)2)10-24-11-17(9-19(24)26)12-25-13-18(21-22-25)20(27)23-6-3-7-23/h4-5,8,13,17H,3,6-7,9-12H2,1-2H3. The molecule has 0 spiro atoms. The lowest BCUT2D eigenvalue weighted by Crippen LogP contribution is -2.42. The molecule has 1 atom stereocenters. The minimum absolute atomic E-state index is 0.0497. The number of aryl methyl sites for hydroxylation is 2. The fourth-order valence-corrected chi connectivity index (χ4v) is 3.68. The zero-order chi connectivity index (χ0) is 19.0. The SMILES string of the molecule is Cc1ccc(CN2CC(Cn3cc(C(=O)N4CCC4)nn3)CC2=O)cc1C. The number of amides is 2. The van der Waals surface area contributed by atoms with Gasteiger partial charge in [0.05, 0.1) is 6.20 Å².